The molecule has 0 bridgehead atoms. The van der Waals surface area contributed by atoms with Gasteiger partial charge < -0.3 is 9.47 Å². The second kappa shape index (κ2) is 10.8. The number of unbranched alkanes of at least 4 members (excludes halogenated alkanes) is 2. The highest BCUT2D eigenvalue weighted by atomic mass is 28.2. The van der Waals surface area contributed by atoms with Crippen LogP contribution in [0.1, 0.15) is 45.1 Å². The molecule has 3 heteroatoms. The predicted molar refractivity (Wildman–Crippen MR) is 90.2 cm³/mol. The van der Waals surface area contributed by atoms with Gasteiger partial charge in [0.05, 0.1) is 0 Å². The number of rotatable bonds is 11. The van der Waals surface area contributed by atoms with Crippen LogP contribution in [0, 0.1) is 0 Å². The molecular weight excluding hydrogens is 264 g/mol. The van der Waals surface area contributed by atoms with Crippen LogP contribution in [-0.2, 0) is 9.47 Å². The van der Waals surface area contributed by atoms with Crippen molar-refractivity contribution in [3.8, 4) is 0 Å². The van der Waals surface area contributed by atoms with Gasteiger partial charge in [-0.2, -0.15) is 0 Å². The Kier molecular flexibility index (Phi) is 9.29. The van der Waals surface area contributed by atoms with Gasteiger partial charge in [0.15, 0.2) is 0 Å². The minimum Gasteiger partial charge on any atom is -0.357 e. The maximum atomic E-state index is 5.94. The Balaban J connectivity index is 2.58. The number of benzene rings is 1. The SMILES string of the molecule is C=Cc1ccccc1[SiH2]C(OCCCC)OCCCC. The summed E-state index contributed by atoms with van der Waals surface area (Å²) < 4.78 is 11.9. The highest BCUT2D eigenvalue weighted by Crippen LogP contribution is 2.03. The third kappa shape index (κ3) is 6.50. The van der Waals surface area contributed by atoms with Crippen molar-refractivity contribution in [2.45, 2.75) is 45.4 Å². The van der Waals surface area contributed by atoms with Gasteiger partial charge in [0, 0.05) is 13.2 Å². The molecule has 0 unspecified atom stereocenters. The van der Waals surface area contributed by atoms with E-state index in [9.17, 15) is 0 Å². The first kappa shape index (κ1) is 17.1. The van der Waals surface area contributed by atoms with E-state index in [1.165, 1.54) is 10.8 Å². The van der Waals surface area contributed by atoms with Crippen LogP contribution in [0.4, 0.5) is 0 Å². The van der Waals surface area contributed by atoms with Crippen molar-refractivity contribution in [1.82, 2.24) is 0 Å². The standard InChI is InChI=1S/C17H28O2Si/c1-4-7-13-18-17(19-14-8-5-2)20-16-12-10-9-11-15(16)6-3/h6,9-12,17H,3-5,7-8,13-14,20H2,1-2H3. The molecule has 0 fully saturated rings. The van der Waals surface area contributed by atoms with Crippen LogP contribution in [0.5, 0.6) is 0 Å². The summed E-state index contributed by atoms with van der Waals surface area (Å²) in [6, 6.07) is 8.44. The van der Waals surface area contributed by atoms with E-state index in [-0.39, 0.29) is 5.91 Å². The highest BCUT2D eigenvalue weighted by molar-refractivity contribution is 6.55. The van der Waals surface area contributed by atoms with E-state index in [1.54, 1.807) is 0 Å². The van der Waals surface area contributed by atoms with E-state index in [4.69, 9.17) is 9.47 Å². The molecule has 0 radical (unpaired) electrons. The van der Waals surface area contributed by atoms with Gasteiger partial charge in [0.1, 0.15) is 15.4 Å². The Morgan fingerprint density at radius 2 is 1.70 bits per heavy atom. The molecule has 0 aromatic heterocycles. The van der Waals surface area contributed by atoms with Crippen LogP contribution < -0.4 is 5.19 Å². The fourth-order valence-electron chi connectivity index (χ4n) is 1.98. The second-order valence-electron chi connectivity index (χ2n) is 4.99. The van der Waals surface area contributed by atoms with Crippen molar-refractivity contribution in [3.63, 3.8) is 0 Å². The number of hydrogen-bond donors (Lipinski definition) is 0. The van der Waals surface area contributed by atoms with Gasteiger partial charge in [0.2, 0.25) is 0 Å². The monoisotopic (exact) mass is 292 g/mol. The fourth-order valence-corrected chi connectivity index (χ4v) is 3.68. The lowest BCUT2D eigenvalue weighted by Crippen LogP contribution is -2.34. The molecule has 0 aliphatic heterocycles. The first-order chi connectivity index (χ1) is 9.81. The van der Waals surface area contributed by atoms with Crippen LogP contribution in [0.25, 0.3) is 6.08 Å². The summed E-state index contributed by atoms with van der Waals surface area (Å²) in [6.07, 6.45) is 6.45. The fraction of sp³-hybridized carbons (Fsp3) is 0.529. The largest absolute Gasteiger partial charge is 0.357 e. The van der Waals surface area contributed by atoms with Gasteiger partial charge in [0.25, 0.3) is 0 Å². The third-order valence-electron chi connectivity index (χ3n) is 3.26. The smallest absolute Gasteiger partial charge is 0.139 e. The van der Waals surface area contributed by atoms with E-state index in [1.807, 2.05) is 6.08 Å². The van der Waals surface area contributed by atoms with Crippen molar-refractivity contribution < 1.29 is 9.47 Å². The maximum absolute atomic E-state index is 5.94. The molecule has 0 aliphatic carbocycles. The second-order valence-corrected chi connectivity index (χ2v) is 6.82. The molecule has 0 spiro atoms. The van der Waals surface area contributed by atoms with Crippen molar-refractivity contribution in [3.05, 3.63) is 36.4 Å². The molecule has 0 aliphatic rings. The molecule has 0 saturated heterocycles. The van der Waals surface area contributed by atoms with E-state index < -0.39 is 9.52 Å². The Bertz CT molecular complexity index is 369. The van der Waals surface area contributed by atoms with E-state index in [0.29, 0.717) is 0 Å². The van der Waals surface area contributed by atoms with Gasteiger partial charge in [-0.3, -0.25) is 0 Å². The van der Waals surface area contributed by atoms with E-state index >= 15 is 0 Å². The van der Waals surface area contributed by atoms with Gasteiger partial charge in [-0.15, -0.1) is 0 Å². The first-order valence-electron chi connectivity index (χ1n) is 7.75. The molecule has 1 rings (SSSR count). The molecule has 0 amide bonds. The molecule has 0 saturated carbocycles. The van der Waals surface area contributed by atoms with Crippen molar-refractivity contribution >= 4 is 20.8 Å². The Morgan fingerprint density at radius 3 is 2.25 bits per heavy atom. The molecule has 0 N–H and O–H groups in total. The summed E-state index contributed by atoms with van der Waals surface area (Å²) in [6.45, 7) is 9.86. The topological polar surface area (TPSA) is 18.5 Å². The summed E-state index contributed by atoms with van der Waals surface area (Å²) in [5.74, 6) is -0.00537. The van der Waals surface area contributed by atoms with Crippen molar-refractivity contribution in [1.29, 1.82) is 0 Å². The maximum Gasteiger partial charge on any atom is 0.139 e. The zero-order valence-corrected chi connectivity index (χ0v) is 14.4. The van der Waals surface area contributed by atoms with Crippen LogP contribution in [-0.4, -0.2) is 28.6 Å². The number of hydrogen-bond acceptors (Lipinski definition) is 2. The van der Waals surface area contributed by atoms with Gasteiger partial charge in [-0.25, -0.2) is 0 Å². The lowest BCUT2D eigenvalue weighted by molar-refractivity contribution is -0.0910. The molecule has 20 heavy (non-hydrogen) atoms. The lowest BCUT2D eigenvalue weighted by atomic mass is 10.2. The zero-order chi connectivity index (χ0) is 14.6. The summed E-state index contributed by atoms with van der Waals surface area (Å²) >= 11 is 0. The van der Waals surface area contributed by atoms with E-state index in [0.717, 1.165) is 38.9 Å². The minimum atomic E-state index is -0.609. The minimum absolute atomic E-state index is 0.00537. The molecule has 1 aromatic rings. The van der Waals surface area contributed by atoms with Gasteiger partial charge >= 0.3 is 0 Å². The molecule has 2 nitrogen and oxygen atoms in total. The molecule has 0 heterocycles. The van der Waals surface area contributed by atoms with Crippen LogP contribution in [0.3, 0.4) is 0 Å². The molecular formula is C17H28O2Si. The molecule has 0 atom stereocenters. The lowest BCUT2D eigenvalue weighted by Gasteiger charge is -2.19. The van der Waals surface area contributed by atoms with E-state index in [2.05, 4.69) is 44.7 Å². The molecule has 112 valence electrons. The van der Waals surface area contributed by atoms with Crippen LogP contribution >= 0.6 is 0 Å². The van der Waals surface area contributed by atoms with Crippen LogP contribution in [0.15, 0.2) is 30.8 Å². The average molecular weight is 292 g/mol. The summed E-state index contributed by atoms with van der Waals surface area (Å²) in [7, 11) is -0.609. The summed E-state index contributed by atoms with van der Waals surface area (Å²) in [5.41, 5.74) is 1.22. The normalized spacial score (nSPS) is 11.6. The zero-order valence-electron chi connectivity index (χ0n) is 12.9. The summed E-state index contributed by atoms with van der Waals surface area (Å²) in [5, 5.41) is 1.38. The van der Waals surface area contributed by atoms with Gasteiger partial charge in [-0.05, 0) is 18.4 Å². The Hall–Kier alpha value is -0.903. The average Bonchev–Trinajstić information content (AvgIpc) is 2.48. The summed E-state index contributed by atoms with van der Waals surface area (Å²) in [4.78, 5) is 0. The van der Waals surface area contributed by atoms with Crippen molar-refractivity contribution in [2.24, 2.45) is 0 Å². The van der Waals surface area contributed by atoms with Crippen molar-refractivity contribution in [2.75, 3.05) is 13.2 Å². The predicted octanol–water partition coefficient (Wildman–Crippen LogP) is 3.04. The Morgan fingerprint density at radius 1 is 1.10 bits per heavy atom. The molecule has 1 aromatic carbocycles. The quantitative estimate of drug-likeness (QED) is 0.354. The third-order valence-corrected chi connectivity index (χ3v) is 5.15. The highest BCUT2D eigenvalue weighted by Gasteiger charge is 2.12. The van der Waals surface area contributed by atoms with Gasteiger partial charge in [-0.1, -0.05) is 68.8 Å². The Labute approximate surface area is 126 Å². The first-order valence-corrected chi connectivity index (χ1v) is 9.27. The number of ether oxygens (including phenoxy) is 2. The van der Waals surface area contributed by atoms with Crippen LogP contribution in [0.2, 0.25) is 0 Å².